The Hall–Kier alpha value is -1.83. The maximum absolute atomic E-state index is 12.1. The SMILES string of the molecule is CC(C)NC(=O)c1c(N)nsc1NCC(=O)NC(C)(C)C. The van der Waals surface area contributed by atoms with Crippen LogP contribution in [-0.4, -0.2) is 34.3 Å². The molecular formula is C13H23N5O2S. The van der Waals surface area contributed by atoms with E-state index in [0.29, 0.717) is 5.00 Å². The maximum Gasteiger partial charge on any atom is 0.258 e. The number of hydrogen-bond donors (Lipinski definition) is 4. The Morgan fingerprint density at radius 1 is 1.33 bits per heavy atom. The number of anilines is 2. The lowest BCUT2D eigenvalue weighted by atomic mass is 10.1. The zero-order chi connectivity index (χ0) is 16.2. The number of nitrogens with two attached hydrogens (primary N) is 1. The van der Waals surface area contributed by atoms with Gasteiger partial charge in [0.05, 0.1) is 6.54 Å². The van der Waals surface area contributed by atoms with Crippen LogP contribution in [0.3, 0.4) is 0 Å². The summed E-state index contributed by atoms with van der Waals surface area (Å²) in [5, 5.41) is 9.00. The van der Waals surface area contributed by atoms with E-state index in [-0.39, 0.29) is 41.3 Å². The first-order valence-corrected chi connectivity index (χ1v) is 7.48. The van der Waals surface area contributed by atoms with E-state index in [1.165, 1.54) is 0 Å². The van der Waals surface area contributed by atoms with Crippen molar-refractivity contribution in [3.8, 4) is 0 Å². The van der Waals surface area contributed by atoms with Crippen molar-refractivity contribution < 1.29 is 9.59 Å². The molecule has 7 nitrogen and oxygen atoms in total. The minimum absolute atomic E-state index is 0.00570. The first-order valence-electron chi connectivity index (χ1n) is 6.71. The van der Waals surface area contributed by atoms with Crippen molar-refractivity contribution in [1.29, 1.82) is 0 Å². The molecule has 5 N–H and O–H groups in total. The summed E-state index contributed by atoms with van der Waals surface area (Å²) in [7, 11) is 0. The molecular weight excluding hydrogens is 290 g/mol. The predicted octanol–water partition coefficient (Wildman–Crippen LogP) is 1.19. The van der Waals surface area contributed by atoms with Gasteiger partial charge in [-0.15, -0.1) is 0 Å². The first-order chi connectivity index (χ1) is 9.60. The summed E-state index contributed by atoms with van der Waals surface area (Å²) in [6, 6.07) is -0.00570. The van der Waals surface area contributed by atoms with Gasteiger partial charge in [-0.1, -0.05) is 0 Å². The van der Waals surface area contributed by atoms with Gasteiger partial charge < -0.3 is 21.7 Å². The fourth-order valence-corrected chi connectivity index (χ4v) is 2.31. The van der Waals surface area contributed by atoms with Gasteiger partial charge >= 0.3 is 0 Å². The van der Waals surface area contributed by atoms with Crippen LogP contribution in [0.25, 0.3) is 0 Å². The molecule has 0 aliphatic rings. The molecule has 0 saturated heterocycles. The van der Waals surface area contributed by atoms with Crippen molar-refractivity contribution in [2.24, 2.45) is 0 Å². The van der Waals surface area contributed by atoms with Crippen LogP contribution in [0.1, 0.15) is 45.0 Å². The molecule has 1 heterocycles. The molecule has 1 rings (SSSR count). The highest BCUT2D eigenvalue weighted by molar-refractivity contribution is 7.11. The smallest absolute Gasteiger partial charge is 0.258 e. The number of nitrogens with one attached hydrogen (secondary N) is 3. The van der Waals surface area contributed by atoms with Crippen LogP contribution in [0.4, 0.5) is 10.8 Å². The van der Waals surface area contributed by atoms with Crippen LogP contribution in [0.15, 0.2) is 0 Å². The van der Waals surface area contributed by atoms with Crippen molar-refractivity contribution in [2.45, 2.75) is 46.2 Å². The van der Waals surface area contributed by atoms with E-state index in [2.05, 4.69) is 20.3 Å². The van der Waals surface area contributed by atoms with E-state index in [4.69, 9.17) is 5.73 Å². The summed E-state index contributed by atoms with van der Waals surface area (Å²) < 4.78 is 3.96. The van der Waals surface area contributed by atoms with E-state index >= 15 is 0 Å². The lowest BCUT2D eigenvalue weighted by Crippen LogP contribution is -2.43. The van der Waals surface area contributed by atoms with Gasteiger partial charge in [0, 0.05) is 11.6 Å². The second-order valence-corrected chi connectivity index (χ2v) is 6.83. The molecule has 118 valence electrons. The average Bonchev–Trinajstić information content (AvgIpc) is 2.64. The number of carbonyl (C=O) groups is 2. The zero-order valence-electron chi connectivity index (χ0n) is 13.0. The molecule has 0 bridgehead atoms. The highest BCUT2D eigenvalue weighted by atomic mass is 32.1. The van der Waals surface area contributed by atoms with Gasteiger partial charge in [-0.05, 0) is 46.2 Å². The first kappa shape index (κ1) is 17.2. The molecule has 1 aromatic rings. The Bertz CT molecular complexity index is 519. The summed E-state index contributed by atoms with van der Waals surface area (Å²) in [5.74, 6) is -0.295. The third-order valence-electron chi connectivity index (χ3n) is 2.29. The van der Waals surface area contributed by atoms with Gasteiger partial charge in [-0.2, -0.15) is 4.37 Å². The molecule has 0 unspecified atom stereocenters. The Balaban J connectivity index is 2.73. The van der Waals surface area contributed by atoms with E-state index in [1.807, 2.05) is 34.6 Å². The summed E-state index contributed by atoms with van der Waals surface area (Å²) >= 11 is 1.06. The second-order valence-electron chi connectivity index (χ2n) is 6.05. The summed E-state index contributed by atoms with van der Waals surface area (Å²) in [6.07, 6.45) is 0. The number of amides is 2. The van der Waals surface area contributed by atoms with Crippen molar-refractivity contribution in [1.82, 2.24) is 15.0 Å². The molecule has 8 heteroatoms. The van der Waals surface area contributed by atoms with Gasteiger partial charge in [0.25, 0.3) is 5.91 Å². The highest BCUT2D eigenvalue weighted by Crippen LogP contribution is 2.26. The van der Waals surface area contributed by atoms with Gasteiger partial charge in [-0.3, -0.25) is 9.59 Å². The van der Waals surface area contributed by atoms with E-state index in [1.54, 1.807) is 0 Å². The van der Waals surface area contributed by atoms with Crippen LogP contribution in [0.5, 0.6) is 0 Å². The van der Waals surface area contributed by atoms with E-state index in [0.717, 1.165) is 11.5 Å². The van der Waals surface area contributed by atoms with Crippen molar-refractivity contribution >= 4 is 34.2 Å². The van der Waals surface area contributed by atoms with Gasteiger partial charge in [0.2, 0.25) is 5.91 Å². The van der Waals surface area contributed by atoms with Gasteiger partial charge in [0.15, 0.2) is 5.82 Å². The lowest BCUT2D eigenvalue weighted by molar-refractivity contribution is -0.120. The molecule has 0 aliphatic carbocycles. The topological polar surface area (TPSA) is 109 Å². The highest BCUT2D eigenvalue weighted by Gasteiger charge is 2.21. The number of nitrogens with zero attached hydrogens (tertiary/aromatic N) is 1. The number of rotatable bonds is 5. The predicted molar refractivity (Wildman–Crippen MR) is 85.5 cm³/mol. The number of hydrogen-bond acceptors (Lipinski definition) is 6. The van der Waals surface area contributed by atoms with E-state index < -0.39 is 0 Å². The van der Waals surface area contributed by atoms with Crippen LogP contribution in [0.2, 0.25) is 0 Å². The van der Waals surface area contributed by atoms with Crippen LogP contribution < -0.4 is 21.7 Å². The van der Waals surface area contributed by atoms with Crippen molar-refractivity contribution in [2.75, 3.05) is 17.6 Å². The average molecular weight is 313 g/mol. The molecule has 0 fully saturated rings. The number of carbonyl (C=O) groups excluding carboxylic acids is 2. The Morgan fingerprint density at radius 3 is 2.48 bits per heavy atom. The maximum atomic E-state index is 12.1. The molecule has 0 atom stereocenters. The largest absolute Gasteiger partial charge is 0.382 e. The Kier molecular flexibility index (Phi) is 5.54. The number of aromatic nitrogens is 1. The lowest BCUT2D eigenvalue weighted by Gasteiger charge is -2.20. The zero-order valence-corrected chi connectivity index (χ0v) is 13.9. The van der Waals surface area contributed by atoms with E-state index in [9.17, 15) is 9.59 Å². The molecule has 1 aromatic heterocycles. The minimum Gasteiger partial charge on any atom is -0.382 e. The molecule has 0 aromatic carbocycles. The molecule has 0 saturated carbocycles. The third-order valence-corrected chi connectivity index (χ3v) is 3.11. The Labute approximate surface area is 128 Å². The quantitative estimate of drug-likeness (QED) is 0.653. The van der Waals surface area contributed by atoms with Crippen molar-refractivity contribution in [3.63, 3.8) is 0 Å². The third kappa shape index (κ3) is 5.58. The van der Waals surface area contributed by atoms with Crippen LogP contribution in [-0.2, 0) is 4.79 Å². The van der Waals surface area contributed by atoms with Crippen LogP contribution in [0, 0.1) is 0 Å². The van der Waals surface area contributed by atoms with Crippen LogP contribution >= 0.6 is 11.5 Å². The number of nitrogen functional groups attached to an aromatic ring is 1. The molecule has 0 radical (unpaired) electrons. The molecule has 0 aliphatic heterocycles. The van der Waals surface area contributed by atoms with Gasteiger partial charge in [-0.25, -0.2) is 0 Å². The Morgan fingerprint density at radius 2 is 1.95 bits per heavy atom. The van der Waals surface area contributed by atoms with Crippen molar-refractivity contribution in [3.05, 3.63) is 5.56 Å². The van der Waals surface area contributed by atoms with Gasteiger partial charge in [0.1, 0.15) is 10.6 Å². The molecule has 21 heavy (non-hydrogen) atoms. The molecule has 0 spiro atoms. The monoisotopic (exact) mass is 313 g/mol. The summed E-state index contributed by atoms with van der Waals surface area (Å²) in [5.41, 5.74) is 5.71. The standard InChI is InChI=1S/C13H23N5O2S/c1-7(2)16-11(20)9-10(14)18-21-12(9)15-6-8(19)17-13(3,4)5/h7,15H,6H2,1-5H3,(H2,14,18)(H,16,20)(H,17,19). The summed E-state index contributed by atoms with van der Waals surface area (Å²) in [4.78, 5) is 23.8. The normalized spacial score (nSPS) is 11.3. The second kappa shape index (κ2) is 6.75. The summed E-state index contributed by atoms with van der Waals surface area (Å²) in [6.45, 7) is 9.47. The fraction of sp³-hybridized carbons (Fsp3) is 0.615. The minimum atomic E-state index is -0.302. The molecule has 2 amide bonds. The fourth-order valence-electron chi connectivity index (χ4n) is 1.60.